The largest absolute Gasteiger partial charge is 0.410 e. The molecule has 1 aromatic carbocycles. The summed E-state index contributed by atoms with van der Waals surface area (Å²) in [7, 11) is -1.89. The molecule has 0 spiro atoms. The van der Waals surface area contributed by atoms with Gasteiger partial charge in [0.05, 0.1) is 23.2 Å². The van der Waals surface area contributed by atoms with Gasteiger partial charge < -0.3 is 18.6 Å². The molecule has 3 rings (SSSR count). The Kier molecular flexibility index (Phi) is 5.97. The van der Waals surface area contributed by atoms with Crippen LogP contribution in [0, 0.1) is 0 Å². The molecule has 140 valence electrons. The Balaban J connectivity index is 1.79. The Morgan fingerprint density at radius 1 is 1.08 bits per heavy atom. The van der Waals surface area contributed by atoms with Crippen LogP contribution in [0.2, 0.25) is 18.1 Å². The van der Waals surface area contributed by atoms with Crippen LogP contribution in [0.15, 0.2) is 30.3 Å². The van der Waals surface area contributed by atoms with Gasteiger partial charge >= 0.3 is 0 Å². The minimum atomic E-state index is -1.89. The van der Waals surface area contributed by atoms with Crippen molar-refractivity contribution in [1.29, 1.82) is 0 Å². The molecule has 1 aromatic rings. The Labute approximate surface area is 165 Å². The average molecular weight is 476 g/mol. The minimum absolute atomic E-state index is 0.0374. The first-order valence-electron chi connectivity index (χ1n) is 8.94. The van der Waals surface area contributed by atoms with Gasteiger partial charge in [-0.25, -0.2) is 0 Å². The van der Waals surface area contributed by atoms with Crippen LogP contribution in [0.25, 0.3) is 0 Å². The summed E-state index contributed by atoms with van der Waals surface area (Å²) in [6, 6.07) is 10.1. The van der Waals surface area contributed by atoms with E-state index in [-0.39, 0.29) is 33.6 Å². The third-order valence-electron chi connectivity index (χ3n) is 5.52. The molecule has 0 amide bonds. The van der Waals surface area contributed by atoms with E-state index < -0.39 is 8.32 Å². The molecule has 5 atom stereocenters. The lowest BCUT2D eigenvalue weighted by Crippen LogP contribution is -2.61. The highest BCUT2D eigenvalue weighted by molar-refractivity contribution is 14.1. The van der Waals surface area contributed by atoms with Crippen molar-refractivity contribution in [2.24, 2.45) is 0 Å². The predicted octanol–water partition coefficient (Wildman–Crippen LogP) is 4.69. The fourth-order valence-electron chi connectivity index (χ4n) is 2.94. The number of halogens is 1. The van der Waals surface area contributed by atoms with Crippen molar-refractivity contribution < 1.29 is 18.6 Å². The first kappa shape index (κ1) is 19.8. The molecule has 2 heterocycles. The predicted molar refractivity (Wildman–Crippen MR) is 110 cm³/mol. The topological polar surface area (TPSA) is 36.9 Å². The summed E-state index contributed by atoms with van der Waals surface area (Å²) in [6.07, 6.45) is -0.460. The van der Waals surface area contributed by atoms with Crippen molar-refractivity contribution in [3.8, 4) is 0 Å². The number of alkyl halides is 1. The summed E-state index contributed by atoms with van der Waals surface area (Å²) < 4.78 is 25.3. The quantitative estimate of drug-likeness (QED) is 0.360. The zero-order chi connectivity index (χ0) is 18.2. The summed E-state index contributed by atoms with van der Waals surface area (Å²) in [4.78, 5) is 0. The molecule has 2 aliphatic heterocycles. The Bertz CT molecular complexity index is 575. The van der Waals surface area contributed by atoms with Gasteiger partial charge in [0, 0.05) is 5.56 Å². The maximum Gasteiger partial charge on any atom is 0.192 e. The van der Waals surface area contributed by atoms with Gasteiger partial charge in [0.1, 0.15) is 12.2 Å². The van der Waals surface area contributed by atoms with Crippen molar-refractivity contribution in [3.63, 3.8) is 0 Å². The van der Waals surface area contributed by atoms with Crippen molar-refractivity contribution in [2.45, 2.75) is 67.4 Å². The Morgan fingerprint density at radius 3 is 2.40 bits per heavy atom. The minimum Gasteiger partial charge on any atom is -0.410 e. The molecule has 0 saturated carbocycles. The molecule has 2 saturated heterocycles. The molecule has 4 nitrogen and oxygen atoms in total. The molecule has 0 aliphatic carbocycles. The van der Waals surface area contributed by atoms with Gasteiger partial charge in [0.25, 0.3) is 0 Å². The second kappa shape index (κ2) is 7.56. The molecule has 0 bridgehead atoms. The maximum atomic E-state index is 6.78. The molecule has 6 heteroatoms. The number of rotatable bonds is 3. The summed E-state index contributed by atoms with van der Waals surface area (Å²) >= 11 is 2.45. The van der Waals surface area contributed by atoms with Gasteiger partial charge in [-0.2, -0.15) is 0 Å². The molecule has 2 fully saturated rings. The third kappa shape index (κ3) is 4.30. The van der Waals surface area contributed by atoms with E-state index in [0.29, 0.717) is 13.2 Å². The number of hydrogen-bond acceptors (Lipinski definition) is 4. The van der Waals surface area contributed by atoms with Gasteiger partial charge in [-0.1, -0.05) is 73.7 Å². The summed E-state index contributed by atoms with van der Waals surface area (Å²) in [5.41, 5.74) is 1.04. The number of fused-ring (bicyclic) bond motifs is 1. The van der Waals surface area contributed by atoms with Crippen LogP contribution in [0.4, 0.5) is 0 Å². The Hall–Kier alpha value is 0.00688. The second-order valence-corrected chi connectivity index (χ2v) is 14.8. The number of ether oxygens (including phenoxy) is 3. The van der Waals surface area contributed by atoms with Crippen LogP contribution in [-0.2, 0) is 18.6 Å². The molecule has 0 radical (unpaired) electrons. The van der Waals surface area contributed by atoms with Crippen LogP contribution in [0.5, 0.6) is 0 Å². The zero-order valence-corrected chi connectivity index (χ0v) is 18.9. The van der Waals surface area contributed by atoms with Gasteiger partial charge in [-0.3, -0.25) is 0 Å². The molecule has 0 unspecified atom stereocenters. The monoisotopic (exact) mass is 476 g/mol. The highest BCUT2D eigenvalue weighted by Crippen LogP contribution is 2.42. The van der Waals surface area contributed by atoms with Crippen LogP contribution in [-0.4, -0.2) is 43.8 Å². The zero-order valence-electron chi connectivity index (χ0n) is 15.7. The van der Waals surface area contributed by atoms with E-state index in [4.69, 9.17) is 18.6 Å². The van der Waals surface area contributed by atoms with E-state index in [0.717, 1.165) is 5.56 Å². The first-order valence-corrected chi connectivity index (χ1v) is 13.1. The van der Waals surface area contributed by atoms with Gasteiger partial charge in [0.2, 0.25) is 0 Å². The average Bonchev–Trinajstić information content (AvgIpc) is 2.57. The smallest absolute Gasteiger partial charge is 0.192 e. The number of hydrogen-bond donors (Lipinski definition) is 0. The van der Waals surface area contributed by atoms with Crippen molar-refractivity contribution in [1.82, 2.24) is 0 Å². The van der Waals surface area contributed by atoms with Gasteiger partial charge in [-0.05, 0) is 18.1 Å². The lowest BCUT2D eigenvalue weighted by atomic mass is 10.0. The number of benzene rings is 1. The van der Waals surface area contributed by atoms with Crippen molar-refractivity contribution in [2.75, 3.05) is 13.2 Å². The standard InChI is InChI=1S/C19H29IO4Si/c1-19(2,3)25(4,5)24-16-14(20)11-21-15-12-22-18(23-17(15)16)13-9-7-6-8-10-13/h6-10,14-18H,11-12H2,1-5H3/t14-,15+,16+,17+,18+/m0/s1. The fourth-order valence-corrected chi connectivity index (χ4v) is 5.31. The lowest BCUT2D eigenvalue weighted by molar-refractivity contribution is -0.294. The summed E-state index contributed by atoms with van der Waals surface area (Å²) in [5, 5.41) is 0.168. The molecular weight excluding hydrogens is 447 g/mol. The summed E-state index contributed by atoms with van der Waals surface area (Å²) in [5.74, 6) is 0. The van der Waals surface area contributed by atoms with Gasteiger partial charge in [0.15, 0.2) is 14.6 Å². The van der Waals surface area contributed by atoms with Crippen LogP contribution in [0.3, 0.4) is 0 Å². The normalized spacial score (nSPS) is 33.8. The van der Waals surface area contributed by atoms with Crippen LogP contribution >= 0.6 is 22.6 Å². The fraction of sp³-hybridized carbons (Fsp3) is 0.684. The van der Waals surface area contributed by atoms with Crippen molar-refractivity contribution >= 4 is 30.9 Å². The molecule has 25 heavy (non-hydrogen) atoms. The SMILES string of the molecule is CC(C)(C)[Si](C)(C)O[C@H]1[C@@H]2O[C@H](c3ccccc3)OC[C@H]2OC[C@@H]1I. The van der Waals surface area contributed by atoms with E-state index >= 15 is 0 Å². The van der Waals surface area contributed by atoms with E-state index in [1.165, 1.54) is 0 Å². The van der Waals surface area contributed by atoms with Crippen molar-refractivity contribution in [3.05, 3.63) is 35.9 Å². The van der Waals surface area contributed by atoms with E-state index in [2.05, 4.69) is 56.5 Å². The maximum absolute atomic E-state index is 6.78. The molecule has 0 aromatic heterocycles. The first-order chi connectivity index (χ1) is 11.7. The highest BCUT2D eigenvalue weighted by atomic mass is 127. The van der Waals surface area contributed by atoms with Crippen LogP contribution in [0.1, 0.15) is 32.6 Å². The third-order valence-corrected chi connectivity index (χ3v) is 11.1. The van der Waals surface area contributed by atoms with Gasteiger partial charge in [-0.15, -0.1) is 0 Å². The van der Waals surface area contributed by atoms with E-state index in [9.17, 15) is 0 Å². The lowest BCUT2D eigenvalue weighted by Gasteiger charge is -2.49. The Morgan fingerprint density at radius 2 is 1.76 bits per heavy atom. The molecule has 0 N–H and O–H groups in total. The van der Waals surface area contributed by atoms with E-state index in [1.54, 1.807) is 0 Å². The molecular formula is C19H29IO4Si. The van der Waals surface area contributed by atoms with E-state index in [1.807, 2.05) is 30.3 Å². The summed E-state index contributed by atoms with van der Waals surface area (Å²) in [6.45, 7) is 12.7. The highest BCUT2D eigenvalue weighted by Gasteiger charge is 2.49. The second-order valence-electron chi connectivity index (χ2n) is 8.41. The molecule has 2 aliphatic rings. The van der Waals surface area contributed by atoms with Crippen LogP contribution < -0.4 is 0 Å².